The quantitative estimate of drug-likeness (QED) is 0.819. The lowest BCUT2D eigenvalue weighted by Gasteiger charge is -2.13. The van der Waals surface area contributed by atoms with Gasteiger partial charge in [0.25, 0.3) is 0 Å². The Balaban J connectivity index is 2.29. The van der Waals surface area contributed by atoms with Gasteiger partial charge in [-0.3, -0.25) is 0 Å². The Morgan fingerprint density at radius 1 is 1.21 bits per heavy atom. The van der Waals surface area contributed by atoms with Crippen molar-refractivity contribution >= 4 is 22.5 Å². The van der Waals surface area contributed by atoms with Crippen LogP contribution in [0.2, 0.25) is 5.28 Å². The van der Waals surface area contributed by atoms with Crippen LogP contribution in [-0.2, 0) is 11.7 Å². The molecule has 0 radical (unpaired) electrons. The Kier molecular flexibility index (Phi) is 2.53. The summed E-state index contributed by atoms with van der Waals surface area (Å²) in [6, 6.07) is 3.31. The van der Waals surface area contributed by atoms with Crippen molar-refractivity contribution in [3.05, 3.63) is 34.7 Å². The van der Waals surface area contributed by atoms with Gasteiger partial charge in [-0.1, -0.05) is 0 Å². The molecule has 100 valence electrons. The van der Waals surface area contributed by atoms with Crippen molar-refractivity contribution in [1.29, 1.82) is 0 Å². The summed E-state index contributed by atoms with van der Waals surface area (Å²) in [6.45, 7) is 0. The van der Waals surface area contributed by atoms with Gasteiger partial charge in [0.05, 0.1) is 22.3 Å². The van der Waals surface area contributed by atoms with Crippen LogP contribution in [0.3, 0.4) is 0 Å². The van der Waals surface area contributed by atoms with E-state index in [0.717, 1.165) is 12.1 Å². The molecule has 0 spiro atoms. The first-order valence-corrected chi connectivity index (χ1v) is 6.01. The number of rotatable bonds is 1. The summed E-state index contributed by atoms with van der Waals surface area (Å²) in [5, 5.41) is 0.318. The molecule has 1 aliphatic rings. The fourth-order valence-corrected chi connectivity index (χ4v) is 2.20. The molecule has 1 aromatic heterocycles. The zero-order valence-corrected chi connectivity index (χ0v) is 10.4. The van der Waals surface area contributed by atoms with Gasteiger partial charge < -0.3 is 5.73 Å². The van der Waals surface area contributed by atoms with Gasteiger partial charge in [0.2, 0.25) is 5.28 Å². The Morgan fingerprint density at radius 2 is 1.89 bits per heavy atom. The molecule has 1 heterocycles. The van der Waals surface area contributed by atoms with E-state index in [9.17, 15) is 13.2 Å². The van der Waals surface area contributed by atoms with E-state index in [4.69, 9.17) is 17.3 Å². The number of nitrogens with two attached hydrogens (primary N) is 1. The van der Waals surface area contributed by atoms with Crippen molar-refractivity contribution in [2.75, 3.05) is 0 Å². The van der Waals surface area contributed by atoms with Gasteiger partial charge in [0, 0.05) is 5.39 Å². The minimum absolute atomic E-state index is 0.000941. The molecule has 19 heavy (non-hydrogen) atoms. The van der Waals surface area contributed by atoms with Crippen molar-refractivity contribution < 1.29 is 13.2 Å². The third kappa shape index (κ3) is 2.15. The molecule has 0 bridgehead atoms. The summed E-state index contributed by atoms with van der Waals surface area (Å²) in [5.74, 6) is 0. The maximum absolute atomic E-state index is 12.7. The van der Waals surface area contributed by atoms with E-state index in [1.807, 2.05) is 0 Å². The van der Waals surface area contributed by atoms with E-state index in [-0.39, 0.29) is 5.28 Å². The fraction of sp³-hybridized carbons (Fsp3) is 0.333. The van der Waals surface area contributed by atoms with Crippen LogP contribution in [0, 0.1) is 0 Å². The number of halogens is 4. The minimum Gasteiger partial charge on any atom is -0.320 e. The van der Waals surface area contributed by atoms with Crippen molar-refractivity contribution in [3.8, 4) is 0 Å². The van der Waals surface area contributed by atoms with Crippen molar-refractivity contribution in [3.63, 3.8) is 0 Å². The van der Waals surface area contributed by atoms with Crippen molar-refractivity contribution in [1.82, 2.24) is 9.97 Å². The number of hydrogen-bond acceptors (Lipinski definition) is 3. The SMILES string of the molecule is NC1(c2nc(Cl)nc3ccc(C(F)(F)F)cc23)CC1. The molecule has 2 N–H and O–H groups in total. The lowest BCUT2D eigenvalue weighted by molar-refractivity contribution is -0.137. The zero-order valence-electron chi connectivity index (χ0n) is 9.63. The second kappa shape index (κ2) is 3.80. The predicted octanol–water partition coefficient (Wildman–Crippen LogP) is 3.25. The maximum atomic E-state index is 12.7. The van der Waals surface area contributed by atoms with Gasteiger partial charge in [-0.15, -0.1) is 0 Å². The Hall–Kier alpha value is -1.40. The third-order valence-corrected chi connectivity index (χ3v) is 3.43. The van der Waals surface area contributed by atoms with Crippen molar-refractivity contribution in [2.45, 2.75) is 24.6 Å². The molecule has 2 aromatic rings. The van der Waals surface area contributed by atoms with Crippen molar-refractivity contribution in [2.24, 2.45) is 5.73 Å². The molecule has 0 unspecified atom stereocenters. The zero-order chi connectivity index (χ0) is 13.8. The third-order valence-electron chi connectivity index (χ3n) is 3.26. The first-order valence-electron chi connectivity index (χ1n) is 5.63. The molecular formula is C12H9ClF3N3. The van der Waals surface area contributed by atoms with E-state index in [0.29, 0.717) is 29.4 Å². The molecule has 0 amide bonds. The van der Waals surface area contributed by atoms with Gasteiger partial charge in [-0.2, -0.15) is 13.2 Å². The van der Waals surface area contributed by atoms with Gasteiger partial charge in [0.15, 0.2) is 0 Å². The van der Waals surface area contributed by atoms with Crippen LogP contribution in [-0.4, -0.2) is 9.97 Å². The molecule has 1 aromatic carbocycles. The first-order chi connectivity index (χ1) is 8.79. The molecule has 1 aliphatic carbocycles. The molecule has 1 saturated carbocycles. The van der Waals surface area contributed by atoms with E-state index >= 15 is 0 Å². The number of benzene rings is 1. The molecular weight excluding hydrogens is 279 g/mol. The second-order valence-electron chi connectivity index (χ2n) is 4.73. The number of fused-ring (bicyclic) bond motifs is 1. The largest absolute Gasteiger partial charge is 0.416 e. The summed E-state index contributed by atoms with van der Waals surface area (Å²) in [4.78, 5) is 7.95. The summed E-state index contributed by atoms with van der Waals surface area (Å²) in [6.07, 6.45) is -3.03. The smallest absolute Gasteiger partial charge is 0.320 e. The molecule has 3 rings (SSSR count). The van der Waals surface area contributed by atoms with Crippen LogP contribution in [0.15, 0.2) is 18.2 Å². The molecule has 0 aliphatic heterocycles. The average molecular weight is 288 g/mol. The summed E-state index contributed by atoms with van der Waals surface area (Å²) in [7, 11) is 0. The van der Waals surface area contributed by atoms with Gasteiger partial charge >= 0.3 is 6.18 Å². The molecule has 0 saturated heterocycles. The van der Waals surface area contributed by atoms with E-state index in [2.05, 4.69) is 9.97 Å². The maximum Gasteiger partial charge on any atom is 0.416 e. The Labute approximate surface area is 111 Å². The van der Waals surface area contributed by atoms with Crippen LogP contribution in [0.5, 0.6) is 0 Å². The highest BCUT2D eigenvalue weighted by Crippen LogP contribution is 2.45. The monoisotopic (exact) mass is 287 g/mol. The lowest BCUT2D eigenvalue weighted by Crippen LogP contribution is -2.21. The topological polar surface area (TPSA) is 51.8 Å². The predicted molar refractivity (Wildman–Crippen MR) is 64.6 cm³/mol. The fourth-order valence-electron chi connectivity index (χ4n) is 2.03. The van der Waals surface area contributed by atoms with Crippen LogP contribution < -0.4 is 5.73 Å². The highest BCUT2D eigenvalue weighted by Gasteiger charge is 2.43. The summed E-state index contributed by atoms with van der Waals surface area (Å²) < 4.78 is 38.2. The minimum atomic E-state index is -4.41. The Morgan fingerprint density at radius 3 is 2.47 bits per heavy atom. The van der Waals surface area contributed by atoms with E-state index < -0.39 is 17.3 Å². The van der Waals surface area contributed by atoms with Crippen LogP contribution in [0.25, 0.3) is 10.9 Å². The van der Waals surface area contributed by atoms with Crippen LogP contribution in [0.1, 0.15) is 24.1 Å². The molecule has 0 atom stereocenters. The molecule has 7 heteroatoms. The Bertz CT molecular complexity index is 665. The molecule has 3 nitrogen and oxygen atoms in total. The van der Waals surface area contributed by atoms with E-state index in [1.54, 1.807) is 0 Å². The average Bonchev–Trinajstić information content (AvgIpc) is 3.05. The highest BCUT2D eigenvalue weighted by molar-refractivity contribution is 6.28. The highest BCUT2D eigenvalue weighted by atomic mass is 35.5. The van der Waals surface area contributed by atoms with Gasteiger partial charge in [-0.05, 0) is 42.6 Å². The van der Waals surface area contributed by atoms with E-state index in [1.165, 1.54) is 6.07 Å². The first kappa shape index (κ1) is 12.6. The normalized spacial score (nSPS) is 17.7. The molecule has 1 fully saturated rings. The summed E-state index contributed by atoms with van der Waals surface area (Å²) >= 11 is 5.79. The number of alkyl halides is 3. The van der Waals surface area contributed by atoms with Crippen LogP contribution >= 0.6 is 11.6 Å². The number of aromatic nitrogens is 2. The summed E-state index contributed by atoms with van der Waals surface area (Å²) in [5.41, 5.74) is 5.39. The van der Waals surface area contributed by atoms with Crippen LogP contribution in [0.4, 0.5) is 13.2 Å². The van der Waals surface area contributed by atoms with Gasteiger partial charge in [0.1, 0.15) is 0 Å². The standard InChI is InChI=1S/C12H9ClF3N3/c13-10-18-8-2-1-6(12(14,15)16)5-7(8)9(19-10)11(17)3-4-11/h1-2,5H,3-4,17H2. The number of nitrogens with zero attached hydrogens (tertiary/aromatic N) is 2. The number of hydrogen-bond donors (Lipinski definition) is 1. The lowest BCUT2D eigenvalue weighted by atomic mass is 10.0. The second-order valence-corrected chi connectivity index (χ2v) is 5.07. The van der Waals surface area contributed by atoms with Gasteiger partial charge in [-0.25, -0.2) is 9.97 Å².